The van der Waals surface area contributed by atoms with Crippen LogP contribution in [0.25, 0.3) is 17.1 Å². The Morgan fingerprint density at radius 2 is 1.70 bits per heavy atom. The van der Waals surface area contributed by atoms with Gasteiger partial charge >= 0.3 is 0 Å². The van der Waals surface area contributed by atoms with Gasteiger partial charge in [0, 0.05) is 34.2 Å². The number of anilines is 1. The zero-order chi connectivity index (χ0) is 18.8. The Morgan fingerprint density at radius 3 is 2.37 bits per heavy atom. The van der Waals surface area contributed by atoms with Gasteiger partial charge in [0.2, 0.25) is 0 Å². The molecule has 4 aromatic rings. The second-order valence-corrected chi connectivity index (χ2v) is 7.06. The molecule has 0 saturated heterocycles. The van der Waals surface area contributed by atoms with E-state index in [0.29, 0.717) is 10.7 Å². The summed E-state index contributed by atoms with van der Waals surface area (Å²) in [5, 5.41) is 5.30. The van der Waals surface area contributed by atoms with Gasteiger partial charge in [-0.1, -0.05) is 6.07 Å². The van der Waals surface area contributed by atoms with E-state index in [4.69, 9.17) is 0 Å². The zero-order valence-corrected chi connectivity index (χ0v) is 15.8. The third-order valence-corrected chi connectivity index (χ3v) is 5.07. The van der Waals surface area contributed by atoms with Crippen molar-refractivity contribution in [3.05, 3.63) is 83.1 Å². The highest BCUT2D eigenvalue weighted by atomic mass is 32.1. The lowest BCUT2D eigenvalue weighted by Crippen LogP contribution is -2.12. The van der Waals surface area contributed by atoms with Gasteiger partial charge in [-0.2, -0.15) is 0 Å². The van der Waals surface area contributed by atoms with Crippen LogP contribution in [0, 0.1) is 13.8 Å². The number of carbonyl (C=O) groups excluding carboxylic acids is 1. The Kier molecular flexibility index (Phi) is 4.56. The van der Waals surface area contributed by atoms with E-state index < -0.39 is 0 Å². The minimum Gasteiger partial charge on any atom is -0.319 e. The van der Waals surface area contributed by atoms with Crippen molar-refractivity contribution in [2.75, 3.05) is 5.32 Å². The van der Waals surface area contributed by atoms with Crippen molar-refractivity contribution in [2.45, 2.75) is 13.8 Å². The van der Waals surface area contributed by atoms with Gasteiger partial charge in [-0.3, -0.25) is 15.1 Å². The van der Waals surface area contributed by atoms with E-state index >= 15 is 0 Å². The van der Waals surface area contributed by atoms with Crippen LogP contribution >= 0.6 is 11.3 Å². The number of nitrogens with one attached hydrogen (secondary N) is 1. The largest absolute Gasteiger partial charge is 0.319 e. The van der Waals surface area contributed by atoms with E-state index in [0.717, 1.165) is 28.5 Å². The monoisotopic (exact) mass is 374 g/mol. The summed E-state index contributed by atoms with van der Waals surface area (Å²) in [6.07, 6.45) is 1.72. The van der Waals surface area contributed by atoms with Gasteiger partial charge in [0.15, 0.2) is 5.13 Å². The SMILES string of the molecule is Cc1ccc(C)n1-c1ccc(C(=O)Nc2nc(-c3ccccn3)cs2)cc1. The quantitative estimate of drug-likeness (QED) is 0.555. The Labute approximate surface area is 161 Å². The molecule has 27 heavy (non-hydrogen) atoms. The number of carbonyl (C=O) groups is 1. The molecular formula is C21H18N4OS. The second kappa shape index (κ2) is 7.17. The number of benzene rings is 1. The first-order valence-electron chi connectivity index (χ1n) is 8.55. The summed E-state index contributed by atoms with van der Waals surface area (Å²) in [6.45, 7) is 4.13. The third-order valence-electron chi connectivity index (χ3n) is 4.31. The summed E-state index contributed by atoms with van der Waals surface area (Å²) in [5.74, 6) is -0.176. The molecule has 0 aliphatic carbocycles. The molecule has 5 nitrogen and oxygen atoms in total. The molecule has 1 aromatic carbocycles. The fourth-order valence-electron chi connectivity index (χ4n) is 2.97. The standard InChI is InChI=1S/C21H18N4OS/c1-14-6-7-15(2)25(14)17-10-8-16(9-11-17)20(26)24-21-23-19(13-27-21)18-5-3-4-12-22-18/h3-13H,1-2H3,(H,23,24,26). The molecule has 1 N–H and O–H groups in total. The number of aromatic nitrogens is 3. The Bertz CT molecular complexity index is 1060. The van der Waals surface area contributed by atoms with Crippen LogP contribution in [0.15, 0.2) is 66.2 Å². The van der Waals surface area contributed by atoms with Crippen molar-refractivity contribution in [3.8, 4) is 17.1 Å². The van der Waals surface area contributed by atoms with E-state index in [2.05, 4.69) is 45.8 Å². The number of nitrogens with zero attached hydrogens (tertiary/aromatic N) is 3. The maximum Gasteiger partial charge on any atom is 0.257 e. The lowest BCUT2D eigenvalue weighted by atomic mass is 10.2. The lowest BCUT2D eigenvalue weighted by molar-refractivity contribution is 0.102. The molecule has 0 bridgehead atoms. The molecule has 0 atom stereocenters. The highest BCUT2D eigenvalue weighted by molar-refractivity contribution is 7.14. The van der Waals surface area contributed by atoms with Crippen molar-refractivity contribution in [3.63, 3.8) is 0 Å². The molecule has 0 spiro atoms. The molecule has 0 fully saturated rings. The van der Waals surface area contributed by atoms with Crippen LogP contribution in [-0.2, 0) is 0 Å². The van der Waals surface area contributed by atoms with Crippen LogP contribution in [0.2, 0.25) is 0 Å². The van der Waals surface area contributed by atoms with Crippen molar-refractivity contribution in [1.29, 1.82) is 0 Å². The topological polar surface area (TPSA) is 59.8 Å². The number of hydrogen-bond acceptors (Lipinski definition) is 4. The summed E-state index contributed by atoms with van der Waals surface area (Å²) >= 11 is 1.39. The molecule has 0 aliphatic heterocycles. The van der Waals surface area contributed by atoms with Gasteiger partial charge in [-0.15, -0.1) is 11.3 Å². The van der Waals surface area contributed by atoms with Gasteiger partial charge in [-0.25, -0.2) is 4.98 Å². The molecule has 0 unspecified atom stereocenters. The highest BCUT2D eigenvalue weighted by Gasteiger charge is 2.11. The number of aryl methyl sites for hydroxylation is 2. The Hall–Kier alpha value is -3.25. The molecule has 3 heterocycles. The summed E-state index contributed by atoms with van der Waals surface area (Å²) in [6, 6.07) is 17.4. The minimum absolute atomic E-state index is 0.176. The predicted molar refractivity (Wildman–Crippen MR) is 109 cm³/mol. The number of pyridine rings is 1. The fraction of sp³-hybridized carbons (Fsp3) is 0.0952. The Morgan fingerprint density at radius 1 is 0.963 bits per heavy atom. The molecule has 0 radical (unpaired) electrons. The summed E-state index contributed by atoms with van der Waals surface area (Å²) in [7, 11) is 0. The van der Waals surface area contributed by atoms with Crippen molar-refractivity contribution < 1.29 is 4.79 Å². The predicted octanol–water partition coefficient (Wildman–Crippen LogP) is 4.86. The van der Waals surface area contributed by atoms with E-state index in [9.17, 15) is 4.79 Å². The molecule has 0 aliphatic rings. The fourth-order valence-corrected chi connectivity index (χ4v) is 3.67. The number of thiazole rings is 1. The maximum absolute atomic E-state index is 12.5. The zero-order valence-electron chi connectivity index (χ0n) is 15.0. The summed E-state index contributed by atoms with van der Waals surface area (Å²) in [4.78, 5) is 21.2. The third kappa shape index (κ3) is 3.52. The highest BCUT2D eigenvalue weighted by Crippen LogP contribution is 2.24. The lowest BCUT2D eigenvalue weighted by Gasteiger charge is -2.10. The van der Waals surface area contributed by atoms with E-state index in [1.807, 2.05) is 47.8 Å². The van der Waals surface area contributed by atoms with E-state index in [1.54, 1.807) is 6.20 Å². The van der Waals surface area contributed by atoms with Crippen LogP contribution in [0.5, 0.6) is 0 Å². The van der Waals surface area contributed by atoms with Gasteiger partial charge in [0.05, 0.1) is 5.69 Å². The molecule has 134 valence electrons. The molecule has 3 aromatic heterocycles. The molecule has 6 heteroatoms. The normalized spacial score (nSPS) is 10.7. The van der Waals surface area contributed by atoms with Gasteiger partial charge in [0.1, 0.15) is 5.69 Å². The van der Waals surface area contributed by atoms with Crippen molar-refractivity contribution in [2.24, 2.45) is 0 Å². The minimum atomic E-state index is -0.176. The first-order chi connectivity index (χ1) is 13.1. The number of hydrogen-bond donors (Lipinski definition) is 1. The summed E-state index contributed by atoms with van der Waals surface area (Å²) < 4.78 is 2.15. The van der Waals surface area contributed by atoms with Crippen LogP contribution in [0.3, 0.4) is 0 Å². The number of amides is 1. The van der Waals surface area contributed by atoms with Gasteiger partial charge in [0.25, 0.3) is 5.91 Å². The average Bonchev–Trinajstić information content (AvgIpc) is 3.29. The molecule has 0 saturated carbocycles. The van der Waals surface area contributed by atoms with Crippen LogP contribution in [0.4, 0.5) is 5.13 Å². The summed E-state index contributed by atoms with van der Waals surface area (Å²) in [5.41, 5.74) is 5.50. The second-order valence-electron chi connectivity index (χ2n) is 6.21. The first-order valence-corrected chi connectivity index (χ1v) is 9.43. The molecular weight excluding hydrogens is 356 g/mol. The van der Waals surface area contributed by atoms with Crippen molar-refractivity contribution in [1.82, 2.24) is 14.5 Å². The smallest absolute Gasteiger partial charge is 0.257 e. The van der Waals surface area contributed by atoms with E-state index in [1.165, 1.54) is 11.3 Å². The van der Waals surface area contributed by atoms with E-state index in [-0.39, 0.29) is 5.91 Å². The van der Waals surface area contributed by atoms with Crippen LogP contribution in [0.1, 0.15) is 21.7 Å². The van der Waals surface area contributed by atoms with Gasteiger partial charge in [-0.05, 0) is 62.4 Å². The first kappa shape index (κ1) is 17.2. The average molecular weight is 374 g/mol. The molecule has 4 rings (SSSR count). The van der Waals surface area contributed by atoms with Crippen molar-refractivity contribution >= 4 is 22.4 Å². The van der Waals surface area contributed by atoms with Crippen LogP contribution < -0.4 is 5.32 Å². The number of rotatable bonds is 4. The Balaban J connectivity index is 1.50. The molecule has 1 amide bonds. The maximum atomic E-state index is 12.5. The van der Waals surface area contributed by atoms with Crippen LogP contribution in [-0.4, -0.2) is 20.4 Å². The van der Waals surface area contributed by atoms with Gasteiger partial charge < -0.3 is 4.57 Å².